The lowest BCUT2D eigenvalue weighted by molar-refractivity contribution is -0.148. The van der Waals surface area contributed by atoms with Crippen LogP contribution in [-0.2, 0) is 28.3 Å². The lowest BCUT2D eigenvalue weighted by Gasteiger charge is -2.35. The second kappa shape index (κ2) is 19.8. The summed E-state index contributed by atoms with van der Waals surface area (Å²) >= 11 is 3.84. The van der Waals surface area contributed by atoms with Crippen LogP contribution < -0.4 is 25.4 Å². The molecule has 66 heavy (non-hydrogen) atoms. The first kappa shape index (κ1) is 48.2. The van der Waals surface area contributed by atoms with E-state index in [0.29, 0.717) is 51.9 Å². The molecule has 4 heterocycles. The van der Waals surface area contributed by atoms with Crippen molar-refractivity contribution in [1.82, 2.24) is 35.3 Å². The SMILES string of the molecule is C=C[C@@H]1CC1(NC(=O)[C@@H]1C[C@@H](Oc2cc(-c3csc(NC(C)C)n3)nc3c(CI)c(OCCN4CCN(C)CC4)ccc23)CN1C(=O)[C@@H](NC(=O)OC1C[C@@H]2C[C@@H]2C1)C(C)(C)C)C(=O)OC. The van der Waals surface area contributed by atoms with Gasteiger partial charge in [-0.2, -0.15) is 0 Å². The van der Waals surface area contributed by atoms with Crippen LogP contribution in [0.25, 0.3) is 22.3 Å². The Labute approximate surface area is 405 Å². The van der Waals surface area contributed by atoms with Crippen molar-refractivity contribution in [1.29, 1.82) is 0 Å². The molecule has 8 atom stereocenters. The number of amides is 3. The number of hydrogen-bond acceptors (Lipinski definition) is 14. The minimum Gasteiger partial charge on any atom is -0.492 e. The Kier molecular flexibility index (Phi) is 14.4. The summed E-state index contributed by atoms with van der Waals surface area (Å²) in [4.78, 5) is 72.4. The number of alkyl halides is 1. The molecule has 0 bridgehead atoms. The van der Waals surface area contributed by atoms with Gasteiger partial charge in [0, 0.05) is 77.9 Å². The molecule has 8 rings (SSSR count). The van der Waals surface area contributed by atoms with Crippen molar-refractivity contribution in [2.45, 2.75) is 107 Å². The molecule has 2 unspecified atom stereocenters. The second-order valence-corrected chi connectivity index (χ2v) is 21.7. The van der Waals surface area contributed by atoms with E-state index in [1.807, 2.05) is 44.4 Å². The van der Waals surface area contributed by atoms with Gasteiger partial charge in [0.25, 0.3) is 0 Å². The molecule has 3 amide bonds. The molecule has 2 aliphatic heterocycles. The lowest BCUT2D eigenvalue weighted by atomic mass is 9.85. The van der Waals surface area contributed by atoms with Gasteiger partial charge in [0.1, 0.15) is 53.6 Å². The topological polar surface area (TPSA) is 177 Å². The minimum absolute atomic E-state index is 0.0211. The third kappa shape index (κ3) is 10.6. The number of carbonyl (C=O) groups excluding carboxylic acids is 4. The van der Waals surface area contributed by atoms with Crippen molar-refractivity contribution in [3.05, 3.63) is 41.8 Å². The fourth-order valence-corrected chi connectivity index (χ4v) is 11.4. The number of methoxy groups -OCH3 is 1. The van der Waals surface area contributed by atoms with Gasteiger partial charge in [0.15, 0.2) is 5.13 Å². The molecule has 18 heteroatoms. The number of nitrogens with one attached hydrogen (secondary N) is 3. The van der Waals surface area contributed by atoms with Gasteiger partial charge >= 0.3 is 12.1 Å². The predicted molar refractivity (Wildman–Crippen MR) is 262 cm³/mol. The number of alkyl carbamates (subject to hydrolysis) is 1. The van der Waals surface area contributed by atoms with E-state index in [4.69, 9.17) is 28.9 Å². The van der Waals surface area contributed by atoms with Crippen LogP contribution in [0.3, 0.4) is 0 Å². The van der Waals surface area contributed by atoms with E-state index in [0.717, 1.165) is 67.4 Å². The Morgan fingerprint density at radius 3 is 2.41 bits per heavy atom. The smallest absolute Gasteiger partial charge is 0.408 e. The highest BCUT2D eigenvalue weighted by molar-refractivity contribution is 14.1. The molecule has 358 valence electrons. The molecule has 3 aromatic rings. The molecule has 0 radical (unpaired) electrons. The average molecular weight is 1040 g/mol. The van der Waals surface area contributed by atoms with Gasteiger partial charge in [-0.1, -0.05) is 49.4 Å². The predicted octanol–water partition coefficient (Wildman–Crippen LogP) is 6.26. The van der Waals surface area contributed by atoms with Crippen molar-refractivity contribution >= 4 is 73.8 Å². The van der Waals surface area contributed by atoms with Gasteiger partial charge in [-0.05, 0) is 76.0 Å². The summed E-state index contributed by atoms with van der Waals surface area (Å²) in [6, 6.07) is 3.88. The number of benzene rings is 1. The number of hydrogen-bond donors (Lipinski definition) is 3. The summed E-state index contributed by atoms with van der Waals surface area (Å²) in [5.41, 5.74) is 0.849. The molecule has 1 aromatic carbocycles. The van der Waals surface area contributed by atoms with Gasteiger partial charge < -0.3 is 44.7 Å². The Bertz CT molecular complexity index is 2300. The van der Waals surface area contributed by atoms with E-state index in [1.54, 1.807) is 6.08 Å². The lowest BCUT2D eigenvalue weighted by Crippen LogP contribution is -2.59. The van der Waals surface area contributed by atoms with Crippen molar-refractivity contribution in [2.24, 2.45) is 23.2 Å². The zero-order chi connectivity index (χ0) is 47.1. The van der Waals surface area contributed by atoms with Crippen LogP contribution in [0.1, 0.15) is 72.3 Å². The monoisotopic (exact) mass is 1040 g/mol. The highest BCUT2D eigenvalue weighted by atomic mass is 127. The fourth-order valence-electron chi connectivity index (χ4n) is 9.77. The Morgan fingerprint density at radius 2 is 1.76 bits per heavy atom. The Morgan fingerprint density at radius 1 is 1.02 bits per heavy atom. The highest BCUT2D eigenvalue weighted by Gasteiger charge is 2.62. The van der Waals surface area contributed by atoms with Crippen molar-refractivity contribution in [2.75, 3.05) is 65.3 Å². The van der Waals surface area contributed by atoms with Crippen LogP contribution in [0.5, 0.6) is 11.5 Å². The maximum atomic E-state index is 15.0. The van der Waals surface area contributed by atoms with Gasteiger partial charge in [0.05, 0.1) is 24.9 Å². The maximum absolute atomic E-state index is 15.0. The Balaban J connectivity index is 1.11. The van der Waals surface area contributed by atoms with Crippen LogP contribution in [0.2, 0.25) is 0 Å². The number of ether oxygens (including phenoxy) is 4. The van der Waals surface area contributed by atoms with E-state index < -0.39 is 53.0 Å². The number of carbonyl (C=O) groups is 4. The zero-order valence-corrected chi connectivity index (χ0v) is 42.2. The molecule has 3 saturated carbocycles. The van der Waals surface area contributed by atoms with Crippen molar-refractivity contribution < 1.29 is 38.1 Å². The number of pyridine rings is 1. The molecule has 5 fully saturated rings. The van der Waals surface area contributed by atoms with E-state index in [9.17, 15) is 19.2 Å². The first-order valence-electron chi connectivity index (χ1n) is 23.3. The number of aromatic nitrogens is 2. The molecule has 3 N–H and O–H groups in total. The quantitative estimate of drug-likeness (QED) is 0.0599. The van der Waals surface area contributed by atoms with Gasteiger partial charge in [-0.25, -0.2) is 19.6 Å². The number of thiazole rings is 1. The summed E-state index contributed by atoms with van der Waals surface area (Å²) in [6.07, 6.45) is 3.39. The van der Waals surface area contributed by atoms with Crippen molar-refractivity contribution in [3.8, 4) is 22.9 Å². The largest absolute Gasteiger partial charge is 0.492 e. The van der Waals surface area contributed by atoms with Crippen LogP contribution in [-0.4, -0.2) is 144 Å². The van der Waals surface area contributed by atoms with E-state index >= 15 is 0 Å². The average Bonchev–Trinajstić information content (AvgIpc) is 3.94. The number of fused-ring (bicyclic) bond motifs is 2. The number of piperazine rings is 1. The van der Waals surface area contributed by atoms with Crippen LogP contribution in [0, 0.1) is 23.2 Å². The fraction of sp³-hybridized carbons (Fsp3) is 0.625. The maximum Gasteiger partial charge on any atom is 0.408 e. The molecule has 5 aliphatic rings. The van der Waals surface area contributed by atoms with E-state index in [-0.39, 0.29) is 31.0 Å². The van der Waals surface area contributed by atoms with E-state index in [2.05, 4.69) is 75.8 Å². The van der Waals surface area contributed by atoms with Crippen LogP contribution in [0.15, 0.2) is 36.2 Å². The summed E-state index contributed by atoms with van der Waals surface area (Å²) in [5.74, 6) is 0.590. The first-order chi connectivity index (χ1) is 31.5. The van der Waals surface area contributed by atoms with Crippen LogP contribution >= 0.6 is 33.9 Å². The number of nitrogens with zero attached hydrogens (tertiary/aromatic N) is 5. The van der Waals surface area contributed by atoms with Gasteiger partial charge in [0.2, 0.25) is 11.8 Å². The minimum atomic E-state index is -1.29. The second-order valence-electron chi connectivity index (χ2n) is 20.1. The molecular weight excluding hydrogens is 976 g/mol. The van der Waals surface area contributed by atoms with Crippen molar-refractivity contribution in [3.63, 3.8) is 0 Å². The number of esters is 1. The molecular formula is C48H65IN8O8S. The molecule has 2 aromatic heterocycles. The molecule has 0 spiro atoms. The molecule has 16 nitrogen and oxygen atoms in total. The van der Waals surface area contributed by atoms with Crippen LogP contribution in [0.4, 0.5) is 9.93 Å². The first-order valence-corrected chi connectivity index (χ1v) is 25.7. The van der Waals surface area contributed by atoms with Gasteiger partial charge in [-0.15, -0.1) is 17.9 Å². The summed E-state index contributed by atoms with van der Waals surface area (Å²) in [5, 5.41) is 12.7. The summed E-state index contributed by atoms with van der Waals surface area (Å²) < 4.78 is 25.0. The third-order valence-corrected chi connectivity index (χ3v) is 15.3. The number of halogens is 1. The highest BCUT2D eigenvalue weighted by Crippen LogP contribution is 2.52. The summed E-state index contributed by atoms with van der Waals surface area (Å²) in [6.45, 7) is 19.0. The normalized spacial score (nSPS) is 26.7. The Hall–Kier alpha value is -4.27. The zero-order valence-electron chi connectivity index (χ0n) is 39.2. The molecule has 2 saturated heterocycles. The summed E-state index contributed by atoms with van der Waals surface area (Å²) in [7, 11) is 3.43. The number of likely N-dealkylation sites (N-methyl/N-ethyl adjacent to an activating group) is 1. The number of anilines is 1. The number of likely N-dealkylation sites (tertiary alicyclic amines) is 1. The third-order valence-electron chi connectivity index (χ3n) is 13.8. The molecule has 3 aliphatic carbocycles. The standard InChI is InChI=1S/C48H65IN8O8S/c1-9-30-23-48(30,44(60)62-8)54-42(58)37-21-32(25-57(37)43(59)41(47(4,5)6)53-46(61)65-31-19-28-18-29(28)20-31)64-39-22-35(36-26-66-45(52-36)50-27(2)3)51-40-33(39)10-11-38(34(40)24-49)63-17-16-56-14-12-55(7)13-15-56/h9-11,22,26-32,37,41H,1,12-21,23-25H2,2-8H3,(H,50,52)(H,53,61)(H,54,58)/t28-,29+,30-,31?,32-,37+,41-,48?/m1/s1. The van der Waals surface area contributed by atoms with E-state index in [1.165, 1.54) is 29.8 Å². The number of rotatable bonds is 17. The van der Waals surface area contributed by atoms with Gasteiger partial charge in [-0.3, -0.25) is 14.5 Å².